The van der Waals surface area contributed by atoms with E-state index in [-0.39, 0.29) is 18.2 Å². The fourth-order valence-corrected chi connectivity index (χ4v) is 2.62. The van der Waals surface area contributed by atoms with E-state index in [1.54, 1.807) is 4.90 Å². The van der Waals surface area contributed by atoms with Gasteiger partial charge in [0.15, 0.2) is 6.10 Å². The maximum atomic E-state index is 12.2. The van der Waals surface area contributed by atoms with Gasteiger partial charge < -0.3 is 25.0 Å². The molecule has 2 amide bonds. The first kappa shape index (κ1) is 17.7. The second-order valence-corrected chi connectivity index (χ2v) is 5.75. The van der Waals surface area contributed by atoms with E-state index in [4.69, 9.17) is 9.84 Å². The number of nitrogens with zero attached hydrogens (tertiary/aromatic N) is 2. The molecule has 122 valence electrons. The van der Waals surface area contributed by atoms with Crippen molar-refractivity contribution in [3.63, 3.8) is 0 Å². The number of hydrogen-bond acceptors (Lipinski definition) is 4. The van der Waals surface area contributed by atoms with Crippen LogP contribution in [-0.4, -0.2) is 78.9 Å². The number of nitrogens with one attached hydrogen (secondary N) is 1. The number of rotatable bonds is 7. The average molecular weight is 301 g/mol. The van der Waals surface area contributed by atoms with E-state index in [1.165, 1.54) is 0 Å². The van der Waals surface area contributed by atoms with Gasteiger partial charge in [0.25, 0.3) is 0 Å². The van der Waals surface area contributed by atoms with Crippen molar-refractivity contribution in [3.05, 3.63) is 0 Å². The van der Waals surface area contributed by atoms with E-state index in [9.17, 15) is 9.59 Å². The van der Waals surface area contributed by atoms with Crippen LogP contribution in [0.3, 0.4) is 0 Å². The molecule has 1 aliphatic heterocycles. The van der Waals surface area contributed by atoms with Gasteiger partial charge in [-0.3, -0.25) is 0 Å². The number of urea groups is 1. The molecule has 0 aromatic rings. The van der Waals surface area contributed by atoms with E-state index in [0.29, 0.717) is 25.9 Å². The lowest BCUT2D eigenvalue weighted by Gasteiger charge is -2.30. The summed E-state index contributed by atoms with van der Waals surface area (Å²) in [5.74, 6) is -0.932. The van der Waals surface area contributed by atoms with Crippen LogP contribution in [0, 0.1) is 0 Å². The highest BCUT2D eigenvalue weighted by molar-refractivity contribution is 5.74. The first-order chi connectivity index (χ1) is 9.85. The third-order valence-electron chi connectivity index (χ3n) is 3.63. The molecular weight excluding hydrogens is 274 g/mol. The molecule has 0 spiro atoms. The normalized spacial score (nSPS) is 23.1. The number of hydrogen-bond donors (Lipinski definition) is 2. The Morgan fingerprint density at radius 1 is 1.38 bits per heavy atom. The van der Waals surface area contributed by atoms with Crippen molar-refractivity contribution >= 4 is 12.0 Å². The summed E-state index contributed by atoms with van der Waals surface area (Å²) < 4.78 is 5.37. The Morgan fingerprint density at radius 2 is 2.05 bits per heavy atom. The van der Waals surface area contributed by atoms with Crippen LogP contribution in [-0.2, 0) is 9.53 Å². The van der Waals surface area contributed by atoms with Crippen LogP contribution in [0.5, 0.6) is 0 Å². The minimum Gasteiger partial charge on any atom is -0.479 e. The van der Waals surface area contributed by atoms with Crippen molar-refractivity contribution in [1.29, 1.82) is 0 Å². The number of amides is 2. The van der Waals surface area contributed by atoms with Crippen molar-refractivity contribution in [2.75, 3.05) is 33.7 Å². The predicted molar refractivity (Wildman–Crippen MR) is 79.3 cm³/mol. The lowest BCUT2D eigenvalue weighted by atomic mass is 10.2. The maximum absolute atomic E-state index is 12.2. The largest absolute Gasteiger partial charge is 0.479 e. The zero-order chi connectivity index (χ0) is 16.0. The van der Waals surface area contributed by atoms with Gasteiger partial charge in [-0.25, -0.2) is 9.59 Å². The van der Waals surface area contributed by atoms with Crippen LogP contribution < -0.4 is 5.32 Å². The van der Waals surface area contributed by atoms with Gasteiger partial charge in [-0.1, -0.05) is 0 Å². The van der Waals surface area contributed by atoms with Crippen molar-refractivity contribution in [2.24, 2.45) is 0 Å². The van der Waals surface area contributed by atoms with Crippen molar-refractivity contribution in [2.45, 2.75) is 44.9 Å². The van der Waals surface area contributed by atoms with Crippen LogP contribution in [0.1, 0.15) is 26.7 Å². The topological polar surface area (TPSA) is 82.1 Å². The van der Waals surface area contributed by atoms with Crippen molar-refractivity contribution in [3.8, 4) is 0 Å². The minimum atomic E-state index is -0.932. The van der Waals surface area contributed by atoms with Gasteiger partial charge in [0.05, 0.1) is 6.10 Å². The number of carboxylic acid groups (broad SMARTS) is 1. The number of likely N-dealkylation sites (N-methyl/N-ethyl adjacent to an activating group) is 2. The van der Waals surface area contributed by atoms with E-state index in [2.05, 4.69) is 5.32 Å². The quantitative estimate of drug-likeness (QED) is 0.719. The number of aliphatic carboxylic acids is 1. The SMILES string of the molecule is CCN(C(=O)NCC1CCC(C(=O)O)O1)C(C)CN(C)C. The molecular formula is C14H27N3O4. The predicted octanol–water partition coefficient (Wildman–Crippen LogP) is 0.600. The Bertz CT molecular complexity index is 362. The summed E-state index contributed by atoms with van der Waals surface area (Å²) in [5.41, 5.74) is 0. The first-order valence-electron chi connectivity index (χ1n) is 7.42. The molecule has 0 aromatic heterocycles. The second kappa shape index (κ2) is 8.19. The van der Waals surface area contributed by atoms with E-state index in [1.807, 2.05) is 32.8 Å². The Labute approximate surface area is 126 Å². The van der Waals surface area contributed by atoms with E-state index in [0.717, 1.165) is 6.54 Å². The smallest absolute Gasteiger partial charge is 0.332 e. The molecule has 0 aromatic carbocycles. The van der Waals surface area contributed by atoms with Crippen molar-refractivity contribution < 1.29 is 19.4 Å². The fourth-order valence-electron chi connectivity index (χ4n) is 2.62. The van der Waals surface area contributed by atoms with Crippen LogP contribution in [0.25, 0.3) is 0 Å². The summed E-state index contributed by atoms with van der Waals surface area (Å²) in [6.45, 7) is 5.73. The van der Waals surface area contributed by atoms with E-state index >= 15 is 0 Å². The molecule has 1 saturated heterocycles. The molecule has 0 bridgehead atoms. The van der Waals surface area contributed by atoms with Crippen LogP contribution in [0.4, 0.5) is 4.79 Å². The number of carboxylic acids is 1. The molecule has 7 nitrogen and oxygen atoms in total. The molecule has 21 heavy (non-hydrogen) atoms. The lowest BCUT2D eigenvalue weighted by molar-refractivity contribution is -0.149. The summed E-state index contributed by atoms with van der Waals surface area (Å²) in [6.07, 6.45) is 0.223. The summed E-state index contributed by atoms with van der Waals surface area (Å²) in [4.78, 5) is 26.8. The third-order valence-corrected chi connectivity index (χ3v) is 3.63. The summed E-state index contributed by atoms with van der Waals surface area (Å²) in [5, 5.41) is 11.7. The molecule has 1 rings (SSSR count). The Kier molecular flexibility index (Phi) is 6.91. The summed E-state index contributed by atoms with van der Waals surface area (Å²) in [7, 11) is 3.95. The van der Waals surface area contributed by atoms with Gasteiger partial charge in [-0.05, 0) is 40.8 Å². The summed E-state index contributed by atoms with van der Waals surface area (Å²) in [6, 6.07) is -0.0181. The van der Waals surface area contributed by atoms with Crippen LogP contribution >= 0.6 is 0 Å². The molecule has 2 N–H and O–H groups in total. The Balaban J connectivity index is 2.39. The van der Waals surface area contributed by atoms with Gasteiger partial charge in [-0.15, -0.1) is 0 Å². The fraction of sp³-hybridized carbons (Fsp3) is 0.857. The zero-order valence-electron chi connectivity index (χ0n) is 13.3. The van der Waals surface area contributed by atoms with Gasteiger partial charge in [0, 0.05) is 25.7 Å². The maximum Gasteiger partial charge on any atom is 0.332 e. The highest BCUT2D eigenvalue weighted by atomic mass is 16.5. The summed E-state index contributed by atoms with van der Waals surface area (Å²) >= 11 is 0. The second-order valence-electron chi connectivity index (χ2n) is 5.75. The van der Waals surface area contributed by atoms with E-state index < -0.39 is 12.1 Å². The molecule has 1 aliphatic rings. The first-order valence-corrected chi connectivity index (χ1v) is 7.42. The third kappa shape index (κ3) is 5.51. The molecule has 1 heterocycles. The average Bonchev–Trinajstić information content (AvgIpc) is 2.85. The zero-order valence-corrected chi connectivity index (χ0v) is 13.3. The number of carbonyl (C=O) groups excluding carboxylic acids is 1. The Hall–Kier alpha value is -1.34. The number of ether oxygens (including phenoxy) is 1. The molecule has 3 unspecified atom stereocenters. The molecule has 7 heteroatoms. The van der Waals surface area contributed by atoms with Gasteiger partial charge >= 0.3 is 12.0 Å². The molecule has 0 saturated carbocycles. The van der Waals surface area contributed by atoms with Crippen molar-refractivity contribution in [1.82, 2.24) is 15.1 Å². The monoisotopic (exact) mass is 301 g/mol. The van der Waals surface area contributed by atoms with Gasteiger partial charge in [0.2, 0.25) is 0 Å². The Morgan fingerprint density at radius 3 is 2.52 bits per heavy atom. The standard InChI is InChI=1S/C14H27N3O4/c1-5-17(10(2)9-16(3)4)14(20)15-8-11-6-7-12(21-11)13(18)19/h10-12H,5-9H2,1-4H3,(H,15,20)(H,18,19). The molecule has 0 radical (unpaired) electrons. The highest BCUT2D eigenvalue weighted by Crippen LogP contribution is 2.19. The lowest BCUT2D eigenvalue weighted by Crippen LogP contribution is -2.49. The molecule has 3 atom stereocenters. The van der Waals surface area contributed by atoms with Crippen LogP contribution in [0.2, 0.25) is 0 Å². The van der Waals surface area contributed by atoms with Crippen LogP contribution in [0.15, 0.2) is 0 Å². The number of carbonyl (C=O) groups is 2. The highest BCUT2D eigenvalue weighted by Gasteiger charge is 2.31. The molecule has 0 aliphatic carbocycles. The minimum absolute atomic E-state index is 0.112. The molecule has 1 fully saturated rings. The van der Waals surface area contributed by atoms with Gasteiger partial charge in [-0.2, -0.15) is 0 Å². The van der Waals surface area contributed by atoms with Gasteiger partial charge in [0.1, 0.15) is 0 Å².